The third kappa shape index (κ3) is 7.03. The molecule has 1 fully saturated rings. The van der Waals surface area contributed by atoms with E-state index in [1.807, 2.05) is 0 Å². The molecule has 32 heavy (non-hydrogen) atoms. The Morgan fingerprint density at radius 1 is 1.06 bits per heavy atom. The van der Waals surface area contributed by atoms with Gasteiger partial charge in [0, 0.05) is 27.7 Å². The van der Waals surface area contributed by atoms with Gasteiger partial charge in [-0.05, 0) is 55.7 Å². The topological polar surface area (TPSA) is 58.6 Å². The number of rotatable bonds is 8. The number of halogens is 3. The Morgan fingerprint density at radius 2 is 1.78 bits per heavy atom. The third-order valence-corrected chi connectivity index (χ3v) is 6.46. The van der Waals surface area contributed by atoms with Gasteiger partial charge in [0.25, 0.3) is 5.91 Å². The second-order valence-corrected chi connectivity index (χ2v) is 9.30. The van der Waals surface area contributed by atoms with Gasteiger partial charge in [0.15, 0.2) is 6.61 Å². The molecule has 0 spiro atoms. The molecule has 1 aliphatic rings. The Bertz CT molecular complexity index is 948. The van der Waals surface area contributed by atoms with E-state index in [0.29, 0.717) is 26.4 Å². The molecular formula is C24H27Cl3N2O3. The van der Waals surface area contributed by atoms with Gasteiger partial charge in [-0.15, -0.1) is 0 Å². The number of benzene rings is 2. The number of hydrogen-bond acceptors (Lipinski definition) is 3. The van der Waals surface area contributed by atoms with Crippen molar-refractivity contribution in [3.63, 3.8) is 0 Å². The van der Waals surface area contributed by atoms with Crippen LogP contribution in [0.25, 0.3) is 0 Å². The van der Waals surface area contributed by atoms with E-state index in [2.05, 4.69) is 5.32 Å². The number of ether oxygens (including phenoxy) is 1. The second-order valence-electron chi connectivity index (χ2n) is 8.02. The van der Waals surface area contributed by atoms with Crippen LogP contribution in [0.4, 0.5) is 0 Å². The van der Waals surface area contributed by atoms with E-state index in [-0.39, 0.29) is 31.0 Å². The number of nitrogens with one attached hydrogen (secondary N) is 1. The van der Waals surface area contributed by atoms with Gasteiger partial charge in [0.05, 0.1) is 0 Å². The highest BCUT2D eigenvalue weighted by Crippen LogP contribution is 2.24. The van der Waals surface area contributed by atoms with Crippen LogP contribution >= 0.6 is 34.8 Å². The first-order chi connectivity index (χ1) is 15.3. The van der Waals surface area contributed by atoms with Crippen molar-refractivity contribution in [2.45, 2.75) is 57.7 Å². The first kappa shape index (κ1) is 24.7. The maximum Gasteiger partial charge on any atom is 0.261 e. The average molecular weight is 498 g/mol. The third-order valence-electron chi connectivity index (χ3n) is 5.63. The average Bonchev–Trinajstić information content (AvgIpc) is 2.77. The van der Waals surface area contributed by atoms with E-state index in [0.717, 1.165) is 25.7 Å². The molecule has 0 aliphatic heterocycles. The van der Waals surface area contributed by atoms with Gasteiger partial charge in [0.2, 0.25) is 5.91 Å². The van der Waals surface area contributed by atoms with E-state index in [4.69, 9.17) is 39.5 Å². The van der Waals surface area contributed by atoms with Crippen LogP contribution in [0.15, 0.2) is 42.5 Å². The lowest BCUT2D eigenvalue weighted by molar-refractivity contribution is -0.142. The monoisotopic (exact) mass is 496 g/mol. The van der Waals surface area contributed by atoms with E-state index in [9.17, 15) is 9.59 Å². The Labute approximate surface area is 204 Å². The summed E-state index contributed by atoms with van der Waals surface area (Å²) in [5.74, 6) is -0.0324. The zero-order chi connectivity index (χ0) is 23.1. The Kier molecular flexibility index (Phi) is 9.09. The molecule has 0 aromatic heterocycles. The normalized spacial score (nSPS) is 15.1. The van der Waals surface area contributed by atoms with Crippen molar-refractivity contribution < 1.29 is 14.3 Å². The smallest absolute Gasteiger partial charge is 0.261 e. The highest BCUT2D eigenvalue weighted by atomic mass is 35.5. The quantitative estimate of drug-likeness (QED) is 0.494. The summed E-state index contributed by atoms with van der Waals surface area (Å²) in [5.41, 5.74) is 0.699. The van der Waals surface area contributed by atoms with Gasteiger partial charge in [-0.1, -0.05) is 66.2 Å². The first-order valence-corrected chi connectivity index (χ1v) is 11.9. The summed E-state index contributed by atoms with van der Waals surface area (Å²) >= 11 is 18.3. The minimum absolute atomic E-state index is 0.150. The highest BCUT2D eigenvalue weighted by Gasteiger charge is 2.29. The molecule has 5 nitrogen and oxygen atoms in total. The summed E-state index contributed by atoms with van der Waals surface area (Å²) < 4.78 is 5.64. The maximum absolute atomic E-state index is 13.1. The molecular weight excluding hydrogens is 471 g/mol. The van der Waals surface area contributed by atoms with Gasteiger partial charge < -0.3 is 15.0 Å². The fourth-order valence-corrected chi connectivity index (χ4v) is 4.42. The summed E-state index contributed by atoms with van der Waals surface area (Å²) in [6, 6.07) is 11.4. The SMILES string of the molecule is C[C@H](C(=O)NC1CCCCC1)N(Cc1ccc(Cl)cc1Cl)C(=O)COc1cccc(Cl)c1. The molecule has 0 unspecified atom stereocenters. The van der Waals surface area contributed by atoms with Crippen LogP contribution in [0.2, 0.25) is 15.1 Å². The molecule has 8 heteroatoms. The van der Waals surface area contributed by atoms with E-state index >= 15 is 0 Å². The zero-order valence-corrected chi connectivity index (χ0v) is 20.2. The van der Waals surface area contributed by atoms with Crippen LogP contribution in [0, 0.1) is 0 Å². The fraction of sp³-hybridized carbons (Fsp3) is 0.417. The lowest BCUT2D eigenvalue weighted by atomic mass is 9.95. The molecule has 2 amide bonds. The lowest BCUT2D eigenvalue weighted by Crippen LogP contribution is -2.51. The molecule has 2 aromatic carbocycles. The Hall–Kier alpha value is -1.95. The molecule has 1 atom stereocenters. The van der Waals surface area contributed by atoms with E-state index in [1.165, 1.54) is 11.3 Å². The largest absolute Gasteiger partial charge is 0.484 e. The summed E-state index contributed by atoms with van der Waals surface area (Å²) in [5, 5.41) is 4.55. The van der Waals surface area contributed by atoms with Crippen LogP contribution in [0.1, 0.15) is 44.6 Å². The minimum Gasteiger partial charge on any atom is -0.484 e. The summed E-state index contributed by atoms with van der Waals surface area (Å²) in [6.07, 6.45) is 5.34. The Morgan fingerprint density at radius 3 is 2.47 bits per heavy atom. The zero-order valence-electron chi connectivity index (χ0n) is 18.0. The van der Waals surface area contributed by atoms with Crippen LogP contribution in [-0.2, 0) is 16.1 Å². The standard InChI is InChI=1S/C24H27Cl3N2O3/c1-16(24(31)28-20-7-3-2-4-8-20)29(14-17-10-11-19(26)13-22(17)27)23(30)15-32-21-9-5-6-18(25)12-21/h5-6,9-13,16,20H,2-4,7-8,14-15H2,1H3,(H,28,31)/t16-/m1/s1. The molecule has 1 N–H and O–H groups in total. The molecule has 0 saturated heterocycles. The highest BCUT2D eigenvalue weighted by molar-refractivity contribution is 6.35. The number of nitrogens with zero attached hydrogens (tertiary/aromatic N) is 1. The molecule has 0 bridgehead atoms. The van der Waals surface area contributed by atoms with Gasteiger partial charge >= 0.3 is 0 Å². The minimum atomic E-state index is -0.695. The number of carbonyl (C=O) groups is 2. The fourth-order valence-electron chi connectivity index (χ4n) is 3.77. The van der Waals surface area contributed by atoms with E-state index in [1.54, 1.807) is 49.4 Å². The van der Waals surface area contributed by atoms with Crippen LogP contribution in [0.3, 0.4) is 0 Å². The van der Waals surface area contributed by atoms with Crippen molar-refractivity contribution in [3.8, 4) is 5.75 Å². The summed E-state index contributed by atoms with van der Waals surface area (Å²) in [4.78, 5) is 27.6. The Balaban J connectivity index is 1.74. The van der Waals surface area contributed by atoms with Crippen molar-refractivity contribution in [2.24, 2.45) is 0 Å². The number of amides is 2. The van der Waals surface area contributed by atoms with Crippen molar-refractivity contribution in [3.05, 3.63) is 63.1 Å². The van der Waals surface area contributed by atoms with Crippen LogP contribution in [-0.4, -0.2) is 35.4 Å². The van der Waals surface area contributed by atoms with Gasteiger partial charge in [0.1, 0.15) is 11.8 Å². The van der Waals surface area contributed by atoms with Gasteiger partial charge in [-0.25, -0.2) is 0 Å². The molecule has 3 rings (SSSR count). The number of carbonyl (C=O) groups excluding carboxylic acids is 2. The summed E-state index contributed by atoms with van der Waals surface area (Å²) in [6.45, 7) is 1.65. The van der Waals surface area contributed by atoms with Crippen LogP contribution < -0.4 is 10.1 Å². The number of hydrogen-bond donors (Lipinski definition) is 1. The molecule has 0 heterocycles. The van der Waals surface area contributed by atoms with Crippen molar-refractivity contribution in [1.29, 1.82) is 0 Å². The van der Waals surface area contributed by atoms with Gasteiger partial charge in [-0.2, -0.15) is 0 Å². The predicted molar refractivity (Wildman–Crippen MR) is 128 cm³/mol. The molecule has 1 aliphatic carbocycles. The maximum atomic E-state index is 13.1. The molecule has 2 aromatic rings. The van der Waals surface area contributed by atoms with Gasteiger partial charge in [-0.3, -0.25) is 9.59 Å². The molecule has 0 radical (unpaired) electrons. The molecule has 172 valence electrons. The van der Waals surface area contributed by atoms with Crippen molar-refractivity contribution >= 4 is 46.6 Å². The van der Waals surface area contributed by atoms with Crippen molar-refractivity contribution in [2.75, 3.05) is 6.61 Å². The lowest BCUT2D eigenvalue weighted by Gasteiger charge is -2.31. The molecule has 1 saturated carbocycles. The summed E-state index contributed by atoms with van der Waals surface area (Å²) in [7, 11) is 0. The van der Waals surface area contributed by atoms with E-state index < -0.39 is 6.04 Å². The second kappa shape index (κ2) is 11.8. The first-order valence-electron chi connectivity index (χ1n) is 10.8. The predicted octanol–water partition coefficient (Wildman–Crippen LogP) is 5.89. The van der Waals surface area contributed by atoms with Crippen molar-refractivity contribution in [1.82, 2.24) is 10.2 Å². The van der Waals surface area contributed by atoms with Crippen LogP contribution in [0.5, 0.6) is 5.75 Å².